The Bertz CT molecular complexity index is 122. The van der Waals surface area contributed by atoms with Crippen LogP contribution in [0.5, 0.6) is 0 Å². The fraction of sp³-hybridized carbons (Fsp3) is 1.00. The molecule has 54 valence electrons. The molecule has 0 N–H and O–H groups in total. The maximum absolute atomic E-state index is 12.6. The van der Waals surface area contributed by atoms with Crippen LogP contribution in [0.1, 0.15) is 6.42 Å². The molecule has 0 aliphatic heterocycles. The zero-order valence-corrected chi connectivity index (χ0v) is 6.04. The average Bonchev–Trinajstić information content (AvgIpc) is 2.35. The van der Waals surface area contributed by atoms with E-state index in [1.807, 2.05) is 0 Å². The topological polar surface area (TPSA) is 18.5 Å². The van der Waals surface area contributed by atoms with Crippen LogP contribution >= 0.6 is 11.6 Å². The molecule has 1 aliphatic rings. The summed E-state index contributed by atoms with van der Waals surface area (Å²) < 4.78 is 22.0. The first kappa shape index (κ1) is 7.25. The Morgan fingerprint density at radius 3 is 1.78 bits per heavy atom. The van der Waals surface area contributed by atoms with Crippen LogP contribution in [-0.4, -0.2) is 25.1 Å². The summed E-state index contributed by atoms with van der Waals surface area (Å²) in [6.07, 6.45) is 0.106. The molecule has 0 heterocycles. The molecule has 9 heavy (non-hydrogen) atoms. The minimum absolute atomic E-state index is 0.106. The highest BCUT2D eigenvalue weighted by Gasteiger charge is 2.71. The molecule has 0 aromatic carbocycles. The summed E-state index contributed by atoms with van der Waals surface area (Å²) in [6, 6.07) is 0. The fourth-order valence-corrected chi connectivity index (χ4v) is 1.10. The Kier molecular flexibility index (Phi) is 1.46. The van der Waals surface area contributed by atoms with Crippen molar-refractivity contribution in [2.24, 2.45) is 0 Å². The first-order valence-corrected chi connectivity index (χ1v) is 2.94. The number of halogens is 2. The van der Waals surface area contributed by atoms with Crippen molar-refractivity contribution in [2.45, 2.75) is 17.3 Å². The van der Waals surface area contributed by atoms with Crippen molar-refractivity contribution < 1.29 is 13.9 Å². The van der Waals surface area contributed by atoms with Crippen molar-refractivity contribution in [2.75, 3.05) is 14.2 Å². The molecule has 1 rings (SSSR count). The number of methoxy groups -OCH3 is 2. The first-order valence-electron chi connectivity index (χ1n) is 2.56. The number of hydrogen-bond acceptors (Lipinski definition) is 2. The van der Waals surface area contributed by atoms with Gasteiger partial charge < -0.3 is 9.47 Å². The van der Waals surface area contributed by atoms with Crippen LogP contribution in [0.3, 0.4) is 0 Å². The molecule has 1 aliphatic carbocycles. The van der Waals surface area contributed by atoms with E-state index < -0.39 is 10.9 Å². The smallest absolute Gasteiger partial charge is 0.242 e. The predicted octanol–water partition coefficient (Wildman–Crippen LogP) is 1.28. The highest BCUT2D eigenvalue weighted by molar-refractivity contribution is 6.25. The van der Waals surface area contributed by atoms with Gasteiger partial charge in [-0.2, -0.15) is 0 Å². The number of ether oxygens (including phenoxy) is 2. The molecule has 0 aromatic rings. The number of alkyl halides is 2. The molecule has 0 saturated heterocycles. The number of hydrogen-bond donors (Lipinski definition) is 0. The Balaban J connectivity index is 2.57. The van der Waals surface area contributed by atoms with Gasteiger partial charge in [0.1, 0.15) is 0 Å². The summed E-state index contributed by atoms with van der Waals surface area (Å²) in [5.74, 6) is -1.17. The lowest BCUT2D eigenvalue weighted by Crippen LogP contribution is -2.22. The zero-order chi connectivity index (χ0) is 7.12. The van der Waals surface area contributed by atoms with E-state index in [-0.39, 0.29) is 6.42 Å². The third kappa shape index (κ3) is 0.838. The van der Waals surface area contributed by atoms with Crippen molar-refractivity contribution in [3.8, 4) is 0 Å². The summed E-state index contributed by atoms with van der Waals surface area (Å²) in [4.78, 5) is 0. The molecular formula is C5H8ClFO2. The SMILES string of the molecule is COC1(OC)C[C@]1(F)Cl. The molecule has 4 heteroatoms. The maximum Gasteiger partial charge on any atom is 0.242 e. The second-order valence-corrected chi connectivity index (χ2v) is 2.64. The standard InChI is InChI=1S/C5H8ClFO2/c1-8-5(9-2)3-4(5,6)7/h3H2,1-2H3/t4-/m1/s1. The van der Waals surface area contributed by atoms with E-state index in [2.05, 4.69) is 9.47 Å². The summed E-state index contributed by atoms with van der Waals surface area (Å²) in [6.45, 7) is 0. The molecule has 1 fully saturated rings. The van der Waals surface area contributed by atoms with Gasteiger partial charge in [-0.3, -0.25) is 0 Å². The number of rotatable bonds is 2. The van der Waals surface area contributed by atoms with E-state index in [0.29, 0.717) is 0 Å². The summed E-state index contributed by atoms with van der Waals surface area (Å²) in [5, 5.41) is -1.81. The molecule has 0 amide bonds. The second-order valence-electron chi connectivity index (χ2n) is 2.04. The predicted molar refractivity (Wildman–Crippen MR) is 31.1 cm³/mol. The average molecular weight is 155 g/mol. The Morgan fingerprint density at radius 1 is 1.44 bits per heavy atom. The Labute approximate surface area is 57.9 Å². The summed E-state index contributed by atoms with van der Waals surface area (Å²) in [5.41, 5.74) is 0. The third-order valence-electron chi connectivity index (χ3n) is 1.55. The van der Waals surface area contributed by atoms with Crippen molar-refractivity contribution in [3.63, 3.8) is 0 Å². The zero-order valence-electron chi connectivity index (χ0n) is 5.28. The van der Waals surface area contributed by atoms with Crippen molar-refractivity contribution in [1.29, 1.82) is 0 Å². The Hall–Kier alpha value is 0.140. The molecule has 2 nitrogen and oxygen atoms in total. The third-order valence-corrected chi connectivity index (χ3v) is 1.97. The van der Waals surface area contributed by atoms with Crippen LogP contribution in [0, 0.1) is 0 Å². The highest BCUT2D eigenvalue weighted by atomic mass is 35.5. The fourth-order valence-electron chi connectivity index (χ4n) is 0.774. The molecular weight excluding hydrogens is 147 g/mol. The van der Waals surface area contributed by atoms with Gasteiger partial charge in [0.15, 0.2) is 0 Å². The van der Waals surface area contributed by atoms with E-state index in [9.17, 15) is 4.39 Å². The van der Waals surface area contributed by atoms with Gasteiger partial charge in [-0.15, -0.1) is 0 Å². The molecule has 0 radical (unpaired) electrons. The Morgan fingerprint density at radius 2 is 1.78 bits per heavy atom. The van der Waals surface area contributed by atoms with E-state index >= 15 is 0 Å². The maximum atomic E-state index is 12.6. The van der Waals surface area contributed by atoms with Crippen LogP contribution in [0.15, 0.2) is 0 Å². The van der Waals surface area contributed by atoms with Gasteiger partial charge in [-0.25, -0.2) is 4.39 Å². The lowest BCUT2D eigenvalue weighted by atomic mass is 10.7. The minimum atomic E-state index is -1.81. The molecule has 0 bridgehead atoms. The quantitative estimate of drug-likeness (QED) is 0.441. The largest absolute Gasteiger partial charge is 0.349 e. The van der Waals surface area contributed by atoms with Gasteiger partial charge >= 0.3 is 0 Å². The lowest BCUT2D eigenvalue weighted by molar-refractivity contribution is -0.147. The van der Waals surface area contributed by atoms with Gasteiger partial charge in [0, 0.05) is 14.2 Å². The second kappa shape index (κ2) is 1.81. The van der Waals surface area contributed by atoms with Crippen molar-refractivity contribution >= 4 is 11.6 Å². The summed E-state index contributed by atoms with van der Waals surface area (Å²) >= 11 is 5.25. The molecule has 1 saturated carbocycles. The van der Waals surface area contributed by atoms with Gasteiger partial charge in [0.25, 0.3) is 0 Å². The van der Waals surface area contributed by atoms with Gasteiger partial charge in [0.2, 0.25) is 10.9 Å². The highest BCUT2D eigenvalue weighted by Crippen LogP contribution is 2.57. The lowest BCUT2D eigenvalue weighted by Gasteiger charge is -2.11. The molecule has 0 unspecified atom stereocenters. The van der Waals surface area contributed by atoms with Gasteiger partial charge in [-0.1, -0.05) is 11.6 Å². The van der Waals surface area contributed by atoms with Gasteiger partial charge in [-0.05, 0) is 0 Å². The summed E-state index contributed by atoms with van der Waals surface area (Å²) in [7, 11) is 2.74. The monoisotopic (exact) mass is 154 g/mol. The first-order chi connectivity index (χ1) is 4.08. The van der Waals surface area contributed by atoms with Crippen LogP contribution in [-0.2, 0) is 9.47 Å². The van der Waals surface area contributed by atoms with Crippen LogP contribution in [0.2, 0.25) is 0 Å². The van der Waals surface area contributed by atoms with E-state index in [0.717, 1.165) is 0 Å². The molecule has 1 atom stereocenters. The van der Waals surface area contributed by atoms with Crippen LogP contribution in [0.4, 0.5) is 4.39 Å². The van der Waals surface area contributed by atoms with Crippen LogP contribution < -0.4 is 0 Å². The minimum Gasteiger partial charge on any atom is -0.349 e. The normalized spacial score (nSPS) is 38.7. The van der Waals surface area contributed by atoms with Crippen molar-refractivity contribution in [1.82, 2.24) is 0 Å². The van der Waals surface area contributed by atoms with E-state index in [1.165, 1.54) is 14.2 Å². The van der Waals surface area contributed by atoms with E-state index in [1.54, 1.807) is 0 Å². The molecule has 0 spiro atoms. The van der Waals surface area contributed by atoms with Gasteiger partial charge in [0.05, 0.1) is 6.42 Å². The molecule has 0 aromatic heterocycles. The van der Waals surface area contributed by atoms with Crippen LogP contribution in [0.25, 0.3) is 0 Å². The van der Waals surface area contributed by atoms with E-state index in [4.69, 9.17) is 11.6 Å². The van der Waals surface area contributed by atoms with Crippen molar-refractivity contribution in [3.05, 3.63) is 0 Å².